The van der Waals surface area contributed by atoms with E-state index < -0.39 is 0 Å². The predicted octanol–water partition coefficient (Wildman–Crippen LogP) is 2.56. The first-order chi connectivity index (χ1) is 12.1. The number of aromatic nitrogens is 4. The molecule has 0 spiro atoms. The maximum absolute atomic E-state index is 14.0. The molecule has 0 radical (unpaired) electrons. The molecule has 0 aliphatic carbocycles. The van der Waals surface area contributed by atoms with Crippen LogP contribution in [0.2, 0.25) is 0 Å². The van der Waals surface area contributed by atoms with Crippen LogP contribution in [0.5, 0.6) is 0 Å². The molecule has 25 heavy (non-hydrogen) atoms. The van der Waals surface area contributed by atoms with Crippen molar-refractivity contribution in [3.05, 3.63) is 76.6 Å². The van der Waals surface area contributed by atoms with E-state index in [9.17, 15) is 9.18 Å². The molecule has 4 aromatic rings. The Hall–Kier alpha value is -3.48. The first-order valence-corrected chi connectivity index (χ1v) is 7.67. The number of nitrogens with two attached hydrogens (primary N) is 1. The van der Waals surface area contributed by atoms with Gasteiger partial charge in [0.25, 0.3) is 0 Å². The number of nitrogens with one attached hydrogen (secondary N) is 1. The minimum Gasteiger partial charge on any atom is -0.368 e. The topological polar surface area (TPSA) is 89.6 Å². The van der Waals surface area contributed by atoms with Crippen LogP contribution >= 0.6 is 0 Å². The Bertz CT molecular complexity index is 1130. The van der Waals surface area contributed by atoms with Crippen LogP contribution in [0.1, 0.15) is 5.56 Å². The largest absolute Gasteiger partial charge is 0.368 e. The van der Waals surface area contributed by atoms with Gasteiger partial charge in [-0.15, -0.1) is 0 Å². The Morgan fingerprint density at radius 2 is 2.00 bits per heavy atom. The number of fused-ring (bicyclic) bond motifs is 1. The highest BCUT2D eigenvalue weighted by atomic mass is 19.1. The fourth-order valence-electron chi connectivity index (χ4n) is 2.82. The molecule has 0 unspecified atom stereocenters. The summed E-state index contributed by atoms with van der Waals surface area (Å²) in [7, 11) is 0. The van der Waals surface area contributed by atoms with E-state index >= 15 is 0 Å². The van der Waals surface area contributed by atoms with Gasteiger partial charge in [-0.2, -0.15) is 4.98 Å². The van der Waals surface area contributed by atoms with E-state index in [2.05, 4.69) is 15.0 Å². The lowest BCUT2D eigenvalue weighted by Crippen LogP contribution is -2.17. The van der Waals surface area contributed by atoms with E-state index in [-0.39, 0.29) is 24.0 Å². The number of benzene rings is 2. The van der Waals surface area contributed by atoms with Crippen molar-refractivity contribution in [1.29, 1.82) is 0 Å². The van der Waals surface area contributed by atoms with Gasteiger partial charge in [-0.1, -0.05) is 36.4 Å². The molecule has 0 fully saturated rings. The highest BCUT2D eigenvalue weighted by Crippen LogP contribution is 2.23. The van der Waals surface area contributed by atoms with E-state index in [0.717, 1.165) is 11.1 Å². The van der Waals surface area contributed by atoms with Gasteiger partial charge in [-0.3, -0.25) is 4.57 Å². The normalized spacial score (nSPS) is 11.1. The van der Waals surface area contributed by atoms with E-state index in [1.54, 1.807) is 18.2 Å². The summed E-state index contributed by atoms with van der Waals surface area (Å²) in [6.07, 6.45) is 1.48. The summed E-state index contributed by atoms with van der Waals surface area (Å²) >= 11 is 0. The van der Waals surface area contributed by atoms with Crippen LogP contribution in [-0.2, 0) is 6.54 Å². The third-order valence-corrected chi connectivity index (χ3v) is 3.98. The molecule has 0 atom stereocenters. The smallest absolute Gasteiger partial charge is 0.328 e. The SMILES string of the molecule is Nc1ncc2[nH]c(=O)n(Cc3cccc(-c4ccccc4F)c3)c2n1. The van der Waals surface area contributed by atoms with E-state index in [1.807, 2.05) is 24.3 Å². The number of imidazole rings is 1. The zero-order valence-electron chi connectivity index (χ0n) is 13.1. The molecule has 2 aromatic carbocycles. The molecule has 0 aliphatic heterocycles. The number of halogens is 1. The van der Waals surface area contributed by atoms with Gasteiger partial charge in [-0.25, -0.2) is 14.2 Å². The first kappa shape index (κ1) is 15.1. The molecule has 0 bridgehead atoms. The van der Waals surface area contributed by atoms with Gasteiger partial charge in [-0.05, 0) is 23.3 Å². The molecule has 3 N–H and O–H groups in total. The minimum absolute atomic E-state index is 0.0976. The Morgan fingerprint density at radius 1 is 1.16 bits per heavy atom. The molecule has 0 saturated heterocycles. The second-order valence-corrected chi connectivity index (χ2v) is 5.66. The lowest BCUT2D eigenvalue weighted by atomic mass is 10.0. The fraction of sp³-hybridized carbons (Fsp3) is 0.0556. The number of rotatable bonds is 3. The molecular weight excluding hydrogens is 321 g/mol. The van der Waals surface area contributed by atoms with Gasteiger partial charge < -0.3 is 10.7 Å². The van der Waals surface area contributed by atoms with Gasteiger partial charge in [0.05, 0.1) is 12.7 Å². The molecule has 2 heterocycles. The number of anilines is 1. The van der Waals surface area contributed by atoms with Gasteiger partial charge in [0.15, 0.2) is 5.65 Å². The lowest BCUT2D eigenvalue weighted by molar-refractivity contribution is 0.631. The van der Waals surface area contributed by atoms with E-state index in [4.69, 9.17) is 5.73 Å². The highest BCUT2D eigenvalue weighted by molar-refractivity contribution is 5.71. The van der Waals surface area contributed by atoms with E-state index in [1.165, 1.54) is 16.8 Å². The number of nitrogens with zero attached hydrogens (tertiary/aromatic N) is 3. The summed E-state index contributed by atoms with van der Waals surface area (Å²) in [4.78, 5) is 22.9. The number of aromatic amines is 1. The van der Waals surface area contributed by atoms with Crippen molar-refractivity contribution >= 4 is 17.1 Å². The Balaban J connectivity index is 1.77. The van der Waals surface area contributed by atoms with Crippen LogP contribution in [-0.4, -0.2) is 19.5 Å². The Labute approximate surface area is 141 Å². The molecule has 7 heteroatoms. The maximum Gasteiger partial charge on any atom is 0.328 e. The monoisotopic (exact) mass is 335 g/mol. The summed E-state index contributed by atoms with van der Waals surface area (Å²) in [6.45, 7) is 0.289. The molecule has 6 nitrogen and oxygen atoms in total. The Kier molecular flexibility index (Phi) is 3.53. The van der Waals surface area contributed by atoms with Crippen LogP contribution in [0, 0.1) is 5.82 Å². The number of hydrogen-bond acceptors (Lipinski definition) is 4. The average Bonchev–Trinajstić information content (AvgIpc) is 2.91. The van der Waals surface area contributed by atoms with Crippen molar-refractivity contribution in [1.82, 2.24) is 19.5 Å². The van der Waals surface area contributed by atoms with Crippen molar-refractivity contribution in [2.45, 2.75) is 6.54 Å². The number of H-pyrrole nitrogens is 1. The molecule has 0 amide bonds. The Morgan fingerprint density at radius 3 is 2.84 bits per heavy atom. The second kappa shape index (κ2) is 5.86. The fourth-order valence-corrected chi connectivity index (χ4v) is 2.82. The lowest BCUT2D eigenvalue weighted by Gasteiger charge is -2.07. The van der Waals surface area contributed by atoms with Crippen LogP contribution in [0.25, 0.3) is 22.3 Å². The maximum atomic E-state index is 14.0. The zero-order chi connectivity index (χ0) is 17.4. The van der Waals surface area contributed by atoms with Gasteiger partial charge in [0.2, 0.25) is 5.95 Å². The number of nitrogen functional groups attached to an aromatic ring is 1. The molecule has 0 aliphatic rings. The third kappa shape index (κ3) is 2.76. The molecule has 2 aromatic heterocycles. The molecule has 0 saturated carbocycles. The van der Waals surface area contributed by atoms with Crippen LogP contribution in [0.4, 0.5) is 10.3 Å². The minimum atomic E-state index is -0.300. The van der Waals surface area contributed by atoms with Gasteiger partial charge in [0.1, 0.15) is 11.3 Å². The summed E-state index contributed by atoms with van der Waals surface area (Å²) < 4.78 is 15.5. The van der Waals surface area contributed by atoms with Gasteiger partial charge in [0, 0.05) is 5.56 Å². The first-order valence-electron chi connectivity index (χ1n) is 7.67. The van der Waals surface area contributed by atoms with Crippen LogP contribution in [0.3, 0.4) is 0 Å². The van der Waals surface area contributed by atoms with Crippen molar-refractivity contribution in [2.24, 2.45) is 0 Å². The molecular formula is C18H14FN5O. The third-order valence-electron chi connectivity index (χ3n) is 3.98. The average molecular weight is 335 g/mol. The second-order valence-electron chi connectivity index (χ2n) is 5.66. The predicted molar refractivity (Wildman–Crippen MR) is 93.5 cm³/mol. The molecule has 4 rings (SSSR count). The summed E-state index contributed by atoms with van der Waals surface area (Å²) in [5.41, 5.74) is 8.39. The standard InChI is InChI=1S/C18H14FN5O/c19-14-7-2-1-6-13(14)12-5-3-4-11(8-12)10-24-16-15(22-18(24)25)9-21-17(20)23-16/h1-9H,10H2,(H,22,25)(H2,20,21,23). The van der Waals surface area contributed by atoms with Crippen molar-refractivity contribution in [3.63, 3.8) is 0 Å². The quantitative estimate of drug-likeness (QED) is 0.602. The van der Waals surface area contributed by atoms with Crippen LogP contribution in [0.15, 0.2) is 59.5 Å². The summed E-state index contributed by atoms with van der Waals surface area (Å²) in [6, 6.07) is 14.0. The van der Waals surface area contributed by atoms with Gasteiger partial charge >= 0.3 is 5.69 Å². The molecule has 124 valence electrons. The highest BCUT2D eigenvalue weighted by Gasteiger charge is 2.11. The van der Waals surface area contributed by atoms with Crippen LogP contribution < -0.4 is 11.4 Å². The van der Waals surface area contributed by atoms with Crippen molar-refractivity contribution < 1.29 is 4.39 Å². The number of hydrogen-bond donors (Lipinski definition) is 2. The summed E-state index contributed by atoms with van der Waals surface area (Å²) in [5.74, 6) is -0.190. The summed E-state index contributed by atoms with van der Waals surface area (Å²) in [5, 5.41) is 0. The van der Waals surface area contributed by atoms with Crippen molar-refractivity contribution in [2.75, 3.05) is 5.73 Å². The zero-order valence-corrected chi connectivity index (χ0v) is 13.1. The van der Waals surface area contributed by atoms with E-state index in [0.29, 0.717) is 16.7 Å². The van der Waals surface area contributed by atoms with Crippen molar-refractivity contribution in [3.8, 4) is 11.1 Å².